The first-order chi connectivity index (χ1) is 12.6. The molecule has 2 rings (SSSR count). The van der Waals surface area contributed by atoms with E-state index in [1.165, 1.54) is 31.4 Å². The van der Waals surface area contributed by atoms with E-state index in [1.807, 2.05) is 13.8 Å². The molecule has 2 N–H and O–H groups in total. The molecule has 0 saturated carbocycles. The molecule has 0 unspecified atom stereocenters. The molecule has 0 aliphatic carbocycles. The van der Waals surface area contributed by atoms with Crippen LogP contribution in [0.1, 0.15) is 29.8 Å². The maximum absolute atomic E-state index is 12.3. The first-order valence-corrected chi connectivity index (χ1v) is 10.3. The van der Waals surface area contributed by atoms with Crippen LogP contribution in [-0.4, -0.2) is 27.5 Å². The Hall–Kier alpha value is -2.10. The molecule has 0 atom stereocenters. The summed E-state index contributed by atoms with van der Waals surface area (Å²) in [5, 5.41) is 0. The molecule has 7 nitrogen and oxygen atoms in total. The van der Waals surface area contributed by atoms with Crippen molar-refractivity contribution in [1.82, 2.24) is 10.3 Å². The third kappa shape index (κ3) is 5.44. The van der Waals surface area contributed by atoms with Crippen LogP contribution in [0.25, 0.3) is 0 Å². The van der Waals surface area contributed by atoms with Gasteiger partial charge in [0.2, 0.25) is 0 Å². The van der Waals surface area contributed by atoms with E-state index in [2.05, 4.69) is 26.2 Å². The Morgan fingerprint density at radius 1 is 1.11 bits per heavy atom. The maximum Gasteiger partial charge on any atom is 0.266 e. The lowest BCUT2D eigenvalue weighted by atomic mass is 10.2. The van der Waals surface area contributed by atoms with Crippen LogP contribution in [0.5, 0.6) is 11.5 Å². The molecule has 9 heteroatoms. The average molecular weight is 457 g/mol. The number of hydrogen-bond donors (Lipinski definition) is 2. The highest BCUT2D eigenvalue weighted by Crippen LogP contribution is 2.29. The minimum absolute atomic E-state index is 0.0433. The van der Waals surface area contributed by atoms with Gasteiger partial charge in [-0.25, -0.2) is 8.42 Å². The summed E-state index contributed by atoms with van der Waals surface area (Å²) in [6.45, 7) is 5.52. The molecular formula is C18H21BrN2O5S. The molecule has 0 radical (unpaired) electrons. The van der Waals surface area contributed by atoms with Crippen molar-refractivity contribution in [3.05, 3.63) is 52.0 Å². The number of nitrogens with one attached hydrogen (secondary N) is 2. The fourth-order valence-electron chi connectivity index (χ4n) is 2.19. The summed E-state index contributed by atoms with van der Waals surface area (Å²) in [5.41, 5.74) is 3.18. The number of rotatable bonds is 7. The van der Waals surface area contributed by atoms with E-state index >= 15 is 0 Å². The van der Waals surface area contributed by atoms with Crippen molar-refractivity contribution in [1.29, 1.82) is 0 Å². The van der Waals surface area contributed by atoms with Crippen LogP contribution in [0.15, 0.2) is 45.8 Å². The van der Waals surface area contributed by atoms with Crippen molar-refractivity contribution >= 4 is 31.9 Å². The average Bonchev–Trinajstić information content (AvgIpc) is 2.61. The highest BCUT2D eigenvalue weighted by Gasteiger charge is 2.18. The molecule has 0 aliphatic rings. The smallest absolute Gasteiger partial charge is 0.266 e. The molecular weight excluding hydrogens is 436 g/mol. The molecule has 27 heavy (non-hydrogen) atoms. The fraction of sp³-hybridized carbons (Fsp3) is 0.278. The van der Waals surface area contributed by atoms with Crippen LogP contribution < -0.4 is 19.7 Å². The second-order valence-electron chi connectivity index (χ2n) is 6.00. The van der Waals surface area contributed by atoms with E-state index in [0.29, 0.717) is 11.5 Å². The van der Waals surface area contributed by atoms with Crippen LogP contribution in [0.2, 0.25) is 0 Å². The Morgan fingerprint density at radius 3 is 2.41 bits per heavy atom. The number of halogens is 1. The van der Waals surface area contributed by atoms with Crippen molar-refractivity contribution in [2.24, 2.45) is 0 Å². The molecule has 1 amide bonds. The Kier molecular flexibility index (Phi) is 6.85. The molecule has 2 aromatic rings. The summed E-state index contributed by atoms with van der Waals surface area (Å²) < 4.78 is 36.3. The highest BCUT2D eigenvalue weighted by molar-refractivity contribution is 9.10. The summed E-state index contributed by atoms with van der Waals surface area (Å²) in [4.78, 5) is 14.4. The molecule has 2 aromatic carbocycles. The molecule has 0 spiro atoms. The van der Waals surface area contributed by atoms with Gasteiger partial charge in [-0.2, -0.15) is 0 Å². The molecule has 0 fully saturated rings. The van der Waals surface area contributed by atoms with Crippen molar-refractivity contribution in [3.63, 3.8) is 0 Å². The van der Waals surface area contributed by atoms with Crippen molar-refractivity contribution in [3.8, 4) is 11.5 Å². The zero-order valence-electron chi connectivity index (χ0n) is 15.4. The van der Waals surface area contributed by atoms with E-state index in [4.69, 9.17) is 9.47 Å². The number of ether oxygens (including phenoxy) is 2. The zero-order valence-corrected chi connectivity index (χ0v) is 17.8. The minimum atomic E-state index is -3.90. The van der Waals surface area contributed by atoms with E-state index in [1.54, 1.807) is 19.1 Å². The van der Waals surface area contributed by atoms with Gasteiger partial charge in [-0.1, -0.05) is 15.9 Å². The van der Waals surface area contributed by atoms with Gasteiger partial charge in [0.05, 0.1) is 18.1 Å². The quantitative estimate of drug-likeness (QED) is 0.623. The Morgan fingerprint density at radius 2 is 1.81 bits per heavy atom. The number of aryl methyl sites for hydroxylation is 1. The second kappa shape index (κ2) is 8.73. The van der Waals surface area contributed by atoms with E-state index in [0.717, 1.165) is 10.0 Å². The van der Waals surface area contributed by atoms with Gasteiger partial charge >= 0.3 is 0 Å². The number of amides is 1. The second-order valence-corrected chi connectivity index (χ2v) is 8.54. The number of carbonyl (C=O) groups is 1. The van der Waals surface area contributed by atoms with Gasteiger partial charge in [-0.3, -0.25) is 10.2 Å². The van der Waals surface area contributed by atoms with Crippen LogP contribution in [-0.2, 0) is 10.0 Å². The van der Waals surface area contributed by atoms with E-state index in [-0.39, 0.29) is 16.6 Å². The Labute approximate surface area is 167 Å². The van der Waals surface area contributed by atoms with Gasteiger partial charge < -0.3 is 9.47 Å². The number of hydrogen-bond acceptors (Lipinski definition) is 5. The normalized spacial score (nSPS) is 11.3. The largest absolute Gasteiger partial charge is 0.493 e. The van der Waals surface area contributed by atoms with Gasteiger partial charge in [0, 0.05) is 10.0 Å². The predicted molar refractivity (Wildman–Crippen MR) is 105 cm³/mol. The van der Waals surface area contributed by atoms with Gasteiger partial charge in [-0.15, -0.1) is 4.83 Å². The number of methoxy groups -OCH3 is 1. The highest BCUT2D eigenvalue weighted by atomic mass is 79.9. The van der Waals surface area contributed by atoms with E-state index < -0.39 is 15.9 Å². The fourth-order valence-corrected chi connectivity index (χ4v) is 3.36. The molecule has 0 heterocycles. The summed E-state index contributed by atoms with van der Waals surface area (Å²) in [6.07, 6.45) is -0.0558. The summed E-state index contributed by atoms with van der Waals surface area (Å²) >= 11 is 3.32. The molecule has 0 saturated heterocycles. The standard InChI is InChI=1S/C18H21BrN2O5S/c1-11(2)26-16-8-5-13(10-17(16)25-4)18(22)20-21-27(23,24)14-6-7-15(19)12(3)9-14/h5-11,21H,1-4H3,(H,20,22). The van der Waals surface area contributed by atoms with Gasteiger partial charge in [0.25, 0.3) is 15.9 Å². The topological polar surface area (TPSA) is 93.7 Å². The van der Waals surface area contributed by atoms with Crippen molar-refractivity contribution < 1.29 is 22.7 Å². The van der Waals surface area contributed by atoms with Crippen LogP contribution in [0, 0.1) is 6.92 Å². The monoisotopic (exact) mass is 456 g/mol. The predicted octanol–water partition coefficient (Wildman–Crippen LogP) is 3.18. The lowest BCUT2D eigenvalue weighted by molar-refractivity contribution is 0.0944. The molecule has 0 aromatic heterocycles. The van der Waals surface area contributed by atoms with Crippen molar-refractivity contribution in [2.45, 2.75) is 31.8 Å². The van der Waals surface area contributed by atoms with E-state index in [9.17, 15) is 13.2 Å². The molecule has 0 aliphatic heterocycles. The van der Waals surface area contributed by atoms with Crippen LogP contribution >= 0.6 is 15.9 Å². The number of carbonyl (C=O) groups excluding carboxylic acids is 1. The summed E-state index contributed by atoms with van der Waals surface area (Å²) in [5.74, 6) is 0.250. The number of sulfonamides is 1. The van der Waals surface area contributed by atoms with Gasteiger partial charge in [0.1, 0.15) is 0 Å². The van der Waals surface area contributed by atoms with Crippen LogP contribution in [0.4, 0.5) is 0 Å². The maximum atomic E-state index is 12.3. The zero-order chi connectivity index (χ0) is 20.2. The number of hydrazine groups is 1. The molecule has 146 valence electrons. The minimum Gasteiger partial charge on any atom is -0.493 e. The number of benzene rings is 2. The lowest BCUT2D eigenvalue weighted by Crippen LogP contribution is -2.41. The third-order valence-corrected chi connectivity index (χ3v) is 5.66. The Balaban J connectivity index is 2.13. The lowest BCUT2D eigenvalue weighted by Gasteiger charge is -2.14. The Bertz CT molecular complexity index is 945. The summed E-state index contributed by atoms with van der Waals surface area (Å²) in [6, 6.07) is 9.16. The van der Waals surface area contributed by atoms with Gasteiger partial charge in [0.15, 0.2) is 11.5 Å². The SMILES string of the molecule is COc1cc(C(=O)NNS(=O)(=O)c2ccc(Br)c(C)c2)ccc1OC(C)C. The first-order valence-electron chi connectivity index (χ1n) is 8.07. The van der Waals surface area contributed by atoms with Crippen LogP contribution in [0.3, 0.4) is 0 Å². The van der Waals surface area contributed by atoms with Gasteiger partial charge in [-0.05, 0) is 62.7 Å². The first kappa shape index (κ1) is 21.2. The third-order valence-electron chi connectivity index (χ3n) is 3.53. The summed E-state index contributed by atoms with van der Waals surface area (Å²) in [7, 11) is -2.44. The molecule has 0 bridgehead atoms. The van der Waals surface area contributed by atoms with Crippen molar-refractivity contribution in [2.75, 3.05) is 7.11 Å².